The minimum absolute atomic E-state index is 0.133. The van der Waals surface area contributed by atoms with Crippen molar-refractivity contribution in [1.82, 2.24) is 25.0 Å². The molecule has 5 rings (SSSR count). The van der Waals surface area contributed by atoms with Crippen LogP contribution in [0, 0.1) is 12.7 Å². The van der Waals surface area contributed by atoms with E-state index in [0.717, 1.165) is 24.1 Å². The number of likely N-dealkylation sites (tertiary alicyclic amines) is 1. The van der Waals surface area contributed by atoms with Gasteiger partial charge < -0.3 is 19.5 Å². The van der Waals surface area contributed by atoms with Crippen molar-refractivity contribution in [3.05, 3.63) is 76.6 Å². The molecule has 2 aliphatic rings. The molecule has 2 amide bonds. The van der Waals surface area contributed by atoms with Crippen LogP contribution in [0.2, 0.25) is 0 Å². The fraction of sp³-hybridized carbons (Fsp3) is 0.400. The van der Waals surface area contributed by atoms with E-state index in [-0.39, 0.29) is 30.2 Å². The minimum atomic E-state index is -4.47. The first kappa shape index (κ1) is 24.1. The number of aromatic nitrogens is 3. The van der Waals surface area contributed by atoms with Crippen LogP contribution >= 0.6 is 0 Å². The van der Waals surface area contributed by atoms with Crippen molar-refractivity contribution in [3.63, 3.8) is 0 Å². The Kier molecular flexibility index (Phi) is 6.31. The number of alkyl halides is 3. The predicted molar refractivity (Wildman–Crippen MR) is 122 cm³/mol. The molecular weight excluding hydrogens is 478 g/mol. The molecule has 190 valence electrons. The van der Waals surface area contributed by atoms with E-state index in [1.807, 2.05) is 11.5 Å². The van der Waals surface area contributed by atoms with Gasteiger partial charge >= 0.3 is 12.2 Å². The van der Waals surface area contributed by atoms with Crippen molar-refractivity contribution in [1.29, 1.82) is 0 Å². The van der Waals surface area contributed by atoms with Crippen molar-refractivity contribution in [3.8, 4) is 5.75 Å². The molecule has 3 aromatic rings. The van der Waals surface area contributed by atoms with Crippen LogP contribution in [0.5, 0.6) is 5.75 Å². The third-order valence-corrected chi connectivity index (χ3v) is 6.71. The Morgan fingerprint density at radius 3 is 2.67 bits per heavy atom. The zero-order valence-electron chi connectivity index (χ0n) is 19.6. The number of hydrogen-bond donors (Lipinski definition) is 1. The van der Waals surface area contributed by atoms with Crippen LogP contribution < -0.4 is 10.1 Å². The molecular formula is C25H25F4N5O2. The standard InChI is InChI=1S/C25H25F4N5O2/c1-15-31-32-23(34(15)14-16-4-7-18(26)8-5-16)21-3-2-11-33(21)24(35)30-20-10-12-36-22-13-17(25(27,28)29)6-9-19(20)22/h4-9,13,20-21H,2-3,10-12,14H2,1H3,(H,30,35)/t20-,21+/m0/s1. The number of rotatable bonds is 4. The van der Waals surface area contributed by atoms with Gasteiger partial charge in [-0.15, -0.1) is 10.2 Å². The quantitative estimate of drug-likeness (QED) is 0.499. The second kappa shape index (κ2) is 9.44. The number of aryl methyl sites for hydroxylation is 1. The molecule has 0 bridgehead atoms. The van der Waals surface area contributed by atoms with Gasteiger partial charge in [-0.25, -0.2) is 9.18 Å². The monoisotopic (exact) mass is 503 g/mol. The molecule has 0 aliphatic carbocycles. The molecule has 11 heteroatoms. The highest BCUT2D eigenvalue weighted by atomic mass is 19.4. The number of hydrogen-bond acceptors (Lipinski definition) is 4. The molecule has 36 heavy (non-hydrogen) atoms. The van der Waals surface area contributed by atoms with E-state index in [0.29, 0.717) is 43.1 Å². The van der Waals surface area contributed by atoms with Gasteiger partial charge in [-0.2, -0.15) is 13.2 Å². The lowest BCUT2D eigenvalue weighted by molar-refractivity contribution is -0.137. The summed E-state index contributed by atoms with van der Waals surface area (Å²) >= 11 is 0. The average Bonchev–Trinajstić information content (AvgIpc) is 3.47. The molecule has 7 nitrogen and oxygen atoms in total. The first-order valence-corrected chi connectivity index (χ1v) is 11.8. The summed E-state index contributed by atoms with van der Waals surface area (Å²) in [5, 5.41) is 11.5. The Bertz CT molecular complexity index is 1260. The molecule has 2 aliphatic heterocycles. The highest BCUT2D eigenvalue weighted by Crippen LogP contribution is 2.39. The molecule has 0 saturated carbocycles. The fourth-order valence-corrected chi connectivity index (χ4v) is 4.84. The number of benzene rings is 2. The lowest BCUT2D eigenvalue weighted by atomic mass is 9.98. The molecule has 1 aromatic heterocycles. The topological polar surface area (TPSA) is 72.3 Å². The Morgan fingerprint density at radius 1 is 1.14 bits per heavy atom. The smallest absolute Gasteiger partial charge is 0.416 e. The Balaban J connectivity index is 1.34. The largest absolute Gasteiger partial charge is 0.493 e. The molecule has 0 spiro atoms. The second-order valence-corrected chi connectivity index (χ2v) is 9.06. The van der Waals surface area contributed by atoms with Crippen LogP contribution in [-0.4, -0.2) is 38.8 Å². The predicted octanol–water partition coefficient (Wildman–Crippen LogP) is 5.16. The average molecular weight is 504 g/mol. The number of carbonyl (C=O) groups excluding carboxylic acids is 1. The number of nitrogens with one attached hydrogen (secondary N) is 1. The zero-order chi connectivity index (χ0) is 25.4. The number of halogens is 4. The normalized spacial score (nSPS) is 19.6. The van der Waals surface area contributed by atoms with E-state index in [1.165, 1.54) is 18.2 Å². The summed E-state index contributed by atoms with van der Waals surface area (Å²) in [5.74, 6) is 1.14. The Hall–Kier alpha value is -3.63. The van der Waals surface area contributed by atoms with Crippen LogP contribution in [0.25, 0.3) is 0 Å². The molecule has 1 saturated heterocycles. The van der Waals surface area contributed by atoms with Crippen molar-refractivity contribution in [2.45, 2.75) is 51.0 Å². The van der Waals surface area contributed by atoms with E-state index in [9.17, 15) is 22.4 Å². The van der Waals surface area contributed by atoms with Gasteiger partial charge in [0, 0.05) is 18.5 Å². The maximum atomic E-state index is 13.3. The van der Waals surface area contributed by atoms with Gasteiger partial charge in [-0.1, -0.05) is 18.2 Å². The number of ether oxygens (including phenoxy) is 1. The fourth-order valence-electron chi connectivity index (χ4n) is 4.84. The van der Waals surface area contributed by atoms with Crippen LogP contribution in [-0.2, 0) is 12.7 Å². The highest BCUT2D eigenvalue weighted by molar-refractivity contribution is 5.75. The highest BCUT2D eigenvalue weighted by Gasteiger charge is 2.37. The summed E-state index contributed by atoms with van der Waals surface area (Å²) < 4.78 is 60.0. The first-order chi connectivity index (χ1) is 17.2. The van der Waals surface area contributed by atoms with E-state index >= 15 is 0 Å². The van der Waals surface area contributed by atoms with E-state index in [2.05, 4.69) is 15.5 Å². The summed E-state index contributed by atoms with van der Waals surface area (Å²) in [6, 6.07) is 8.45. The van der Waals surface area contributed by atoms with Gasteiger partial charge in [0.15, 0.2) is 5.82 Å². The van der Waals surface area contributed by atoms with Crippen LogP contribution in [0.3, 0.4) is 0 Å². The summed E-state index contributed by atoms with van der Waals surface area (Å²) in [7, 11) is 0. The van der Waals surface area contributed by atoms with Gasteiger partial charge in [0.1, 0.15) is 17.4 Å². The molecule has 0 radical (unpaired) electrons. The van der Waals surface area contributed by atoms with Gasteiger partial charge in [0.25, 0.3) is 0 Å². The third-order valence-electron chi connectivity index (χ3n) is 6.71. The molecule has 1 N–H and O–H groups in total. The van der Waals surface area contributed by atoms with Gasteiger partial charge in [0.05, 0.1) is 30.8 Å². The number of amides is 2. The Labute approximate surface area is 205 Å². The maximum Gasteiger partial charge on any atom is 0.416 e. The number of carbonyl (C=O) groups is 1. The van der Waals surface area contributed by atoms with Gasteiger partial charge in [0.2, 0.25) is 0 Å². The molecule has 1 fully saturated rings. The van der Waals surface area contributed by atoms with Crippen molar-refractivity contribution in [2.75, 3.05) is 13.2 Å². The molecule has 2 atom stereocenters. The van der Waals surface area contributed by atoms with Crippen LogP contribution in [0.4, 0.5) is 22.4 Å². The van der Waals surface area contributed by atoms with E-state index in [1.54, 1.807) is 17.0 Å². The van der Waals surface area contributed by atoms with E-state index < -0.39 is 17.8 Å². The minimum Gasteiger partial charge on any atom is -0.493 e. The summed E-state index contributed by atoms with van der Waals surface area (Å²) in [6.07, 6.45) is -2.55. The summed E-state index contributed by atoms with van der Waals surface area (Å²) in [4.78, 5) is 15.0. The molecule has 3 heterocycles. The number of urea groups is 1. The molecule has 0 unspecified atom stereocenters. The van der Waals surface area contributed by atoms with Crippen molar-refractivity contribution in [2.24, 2.45) is 0 Å². The first-order valence-electron chi connectivity index (χ1n) is 11.8. The maximum absolute atomic E-state index is 13.3. The van der Waals surface area contributed by atoms with Gasteiger partial charge in [-0.3, -0.25) is 0 Å². The van der Waals surface area contributed by atoms with E-state index in [4.69, 9.17) is 4.74 Å². The summed E-state index contributed by atoms with van der Waals surface area (Å²) in [6.45, 7) is 2.98. The van der Waals surface area contributed by atoms with Crippen molar-refractivity contribution >= 4 is 6.03 Å². The number of fused-ring (bicyclic) bond motifs is 1. The zero-order valence-corrected chi connectivity index (χ0v) is 19.6. The van der Waals surface area contributed by atoms with Gasteiger partial charge in [-0.05, 0) is 49.6 Å². The lowest BCUT2D eigenvalue weighted by Gasteiger charge is -2.31. The third kappa shape index (κ3) is 4.74. The Morgan fingerprint density at radius 2 is 1.92 bits per heavy atom. The van der Waals surface area contributed by atoms with Crippen LogP contribution in [0.15, 0.2) is 42.5 Å². The number of nitrogens with zero attached hydrogens (tertiary/aromatic N) is 4. The lowest BCUT2D eigenvalue weighted by Crippen LogP contribution is -2.43. The van der Waals surface area contributed by atoms with Crippen molar-refractivity contribution < 1.29 is 27.1 Å². The SMILES string of the molecule is Cc1nnc([C@H]2CCCN2C(=O)N[C@H]2CCOc3cc(C(F)(F)F)ccc32)n1Cc1ccc(F)cc1. The summed E-state index contributed by atoms with van der Waals surface area (Å²) in [5.41, 5.74) is 0.615. The van der Waals surface area contributed by atoms with Crippen LogP contribution in [0.1, 0.15) is 59.7 Å². The molecule has 2 aromatic carbocycles. The second-order valence-electron chi connectivity index (χ2n) is 9.06.